The largest absolute Gasteiger partial charge is 0.486 e. The van der Waals surface area contributed by atoms with Gasteiger partial charge in [-0.3, -0.25) is 0 Å². The van der Waals surface area contributed by atoms with Gasteiger partial charge < -0.3 is 4.74 Å². The van der Waals surface area contributed by atoms with Gasteiger partial charge in [-0.15, -0.1) is 0 Å². The lowest BCUT2D eigenvalue weighted by atomic mass is 9.99. The molecule has 1 aliphatic heterocycles. The molecule has 0 N–H and O–H groups in total. The minimum atomic E-state index is 0.348. The van der Waals surface area contributed by atoms with Gasteiger partial charge in [-0.05, 0) is 24.2 Å². The smallest absolute Gasteiger partial charge is 0.167 e. The number of thiocarbonyl (C=S) groups is 1. The summed E-state index contributed by atoms with van der Waals surface area (Å²) >= 11 is 5.10. The molecule has 1 aromatic carbocycles. The Labute approximate surface area is 77.4 Å². The lowest BCUT2D eigenvalue weighted by Gasteiger charge is -2.06. The molecule has 0 aromatic heterocycles. The Balaban J connectivity index is 2.25. The van der Waals surface area contributed by atoms with Crippen LogP contribution >= 0.6 is 12.2 Å². The van der Waals surface area contributed by atoms with Crippen molar-refractivity contribution in [1.29, 1.82) is 0 Å². The summed E-state index contributed by atoms with van der Waals surface area (Å²) in [4.78, 5) is 0. The number of rotatable bonds is 1. The molecule has 1 aliphatic rings. The minimum absolute atomic E-state index is 0.348. The second-order valence-corrected chi connectivity index (χ2v) is 3.32. The molecule has 2 rings (SSSR count). The van der Waals surface area contributed by atoms with Crippen molar-refractivity contribution in [1.82, 2.24) is 0 Å². The number of hydrogen-bond acceptors (Lipinski definition) is 2. The second-order valence-electron chi connectivity index (χ2n) is 2.92. The molecule has 1 nitrogen and oxygen atoms in total. The van der Waals surface area contributed by atoms with Gasteiger partial charge in [0.1, 0.15) is 0 Å². The molecule has 1 heterocycles. The maximum atomic E-state index is 5.25. The standard InChI is InChI=1S/C10H10OS/c12-10-9(6-7-11-10)8-4-2-1-3-5-8/h1-5,9H,6-7H2/t9-/m0/s1. The Morgan fingerprint density at radius 1 is 1.25 bits per heavy atom. The monoisotopic (exact) mass is 178 g/mol. The summed E-state index contributed by atoms with van der Waals surface area (Å²) in [6.07, 6.45) is 1.03. The molecule has 0 amide bonds. The van der Waals surface area contributed by atoms with Crippen LogP contribution in [0.15, 0.2) is 30.3 Å². The van der Waals surface area contributed by atoms with E-state index in [1.807, 2.05) is 18.2 Å². The molecule has 0 unspecified atom stereocenters. The van der Waals surface area contributed by atoms with Crippen molar-refractivity contribution in [2.75, 3.05) is 6.61 Å². The summed E-state index contributed by atoms with van der Waals surface area (Å²) in [6, 6.07) is 10.3. The summed E-state index contributed by atoms with van der Waals surface area (Å²) in [5.41, 5.74) is 1.28. The van der Waals surface area contributed by atoms with E-state index in [0.29, 0.717) is 5.92 Å². The van der Waals surface area contributed by atoms with Gasteiger partial charge in [-0.25, -0.2) is 0 Å². The molecule has 1 aromatic rings. The lowest BCUT2D eigenvalue weighted by Crippen LogP contribution is -2.02. The van der Waals surface area contributed by atoms with Gasteiger partial charge in [0, 0.05) is 0 Å². The highest BCUT2D eigenvalue weighted by Crippen LogP contribution is 2.26. The molecular formula is C10H10OS. The van der Waals surface area contributed by atoms with Gasteiger partial charge in [0.05, 0.1) is 12.5 Å². The number of hydrogen-bond donors (Lipinski definition) is 0. The summed E-state index contributed by atoms with van der Waals surface area (Å²) in [7, 11) is 0. The van der Waals surface area contributed by atoms with Gasteiger partial charge >= 0.3 is 0 Å². The molecular weight excluding hydrogens is 168 g/mol. The fourth-order valence-electron chi connectivity index (χ4n) is 1.48. The SMILES string of the molecule is S=C1OCC[C@H]1c1ccccc1. The summed E-state index contributed by atoms with van der Waals surface area (Å²) in [6.45, 7) is 0.776. The third-order valence-corrected chi connectivity index (χ3v) is 2.54. The van der Waals surface area contributed by atoms with Crippen LogP contribution in [0, 0.1) is 0 Å². The highest BCUT2D eigenvalue weighted by Gasteiger charge is 2.23. The van der Waals surface area contributed by atoms with Gasteiger partial charge in [0.15, 0.2) is 5.05 Å². The van der Waals surface area contributed by atoms with Crippen molar-refractivity contribution in [3.05, 3.63) is 35.9 Å². The Kier molecular flexibility index (Phi) is 2.09. The fraction of sp³-hybridized carbons (Fsp3) is 0.300. The van der Waals surface area contributed by atoms with Crippen LogP contribution in [0.4, 0.5) is 0 Å². The normalized spacial score (nSPS) is 22.3. The first-order valence-corrected chi connectivity index (χ1v) is 4.50. The van der Waals surface area contributed by atoms with Crippen molar-refractivity contribution in [3.63, 3.8) is 0 Å². The van der Waals surface area contributed by atoms with Crippen LogP contribution in [0.3, 0.4) is 0 Å². The predicted octanol–water partition coefficient (Wildman–Crippen LogP) is 2.52. The van der Waals surface area contributed by atoms with E-state index in [9.17, 15) is 0 Å². The fourth-order valence-corrected chi connectivity index (χ4v) is 1.82. The van der Waals surface area contributed by atoms with Crippen LogP contribution in [0.25, 0.3) is 0 Å². The molecule has 12 heavy (non-hydrogen) atoms. The first kappa shape index (κ1) is 7.74. The van der Waals surface area contributed by atoms with Crippen molar-refractivity contribution < 1.29 is 4.74 Å². The molecule has 1 atom stereocenters. The first-order valence-electron chi connectivity index (χ1n) is 4.09. The summed E-state index contributed by atoms with van der Waals surface area (Å²) < 4.78 is 5.25. The molecule has 0 radical (unpaired) electrons. The van der Waals surface area contributed by atoms with Crippen LogP contribution in [-0.4, -0.2) is 11.7 Å². The van der Waals surface area contributed by atoms with Crippen molar-refractivity contribution in [2.45, 2.75) is 12.3 Å². The predicted molar refractivity (Wildman–Crippen MR) is 52.4 cm³/mol. The zero-order chi connectivity index (χ0) is 8.39. The lowest BCUT2D eigenvalue weighted by molar-refractivity contribution is 0.351. The topological polar surface area (TPSA) is 9.23 Å². The second kappa shape index (κ2) is 3.23. The molecule has 0 aliphatic carbocycles. The maximum absolute atomic E-state index is 5.25. The average molecular weight is 178 g/mol. The van der Waals surface area contributed by atoms with Gasteiger partial charge in [-0.2, -0.15) is 0 Å². The zero-order valence-electron chi connectivity index (χ0n) is 6.69. The van der Waals surface area contributed by atoms with E-state index in [4.69, 9.17) is 17.0 Å². The number of ether oxygens (including phenoxy) is 1. The maximum Gasteiger partial charge on any atom is 0.167 e. The van der Waals surface area contributed by atoms with Crippen LogP contribution in [0.2, 0.25) is 0 Å². The van der Waals surface area contributed by atoms with Gasteiger partial charge in [0.2, 0.25) is 0 Å². The molecule has 0 saturated carbocycles. The molecule has 1 saturated heterocycles. The third-order valence-electron chi connectivity index (χ3n) is 2.14. The molecule has 1 fully saturated rings. The highest BCUT2D eigenvalue weighted by molar-refractivity contribution is 7.80. The van der Waals surface area contributed by atoms with E-state index < -0.39 is 0 Å². The number of benzene rings is 1. The Hall–Kier alpha value is -0.890. The van der Waals surface area contributed by atoms with Crippen LogP contribution in [-0.2, 0) is 4.74 Å². The zero-order valence-corrected chi connectivity index (χ0v) is 7.51. The summed E-state index contributed by atoms with van der Waals surface area (Å²) in [5, 5.41) is 0.751. The Bertz CT molecular complexity index is 281. The Morgan fingerprint density at radius 2 is 2.00 bits per heavy atom. The summed E-state index contributed by atoms with van der Waals surface area (Å²) in [5.74, 6) is 0.348. The minimum Gasteiger partial charge on any atom is -0.486 e. The van der Waals surface area contributed by atoms with E-state index in [-0.39, 0.29) is 0 Å². The van der Waals surface area contributed by atoms with Crippen molar-refractivity contribution in [3.8, 4) is 0 Å². The highest BCUT2D eigenvalue weighted by atomic mass is 32.1. The molecule has 0 spiro atoms. The van der Waals surface area contributed by atoms with E-state index >= 15 is 0 Å². The molecule has 62 valence electrons. The third kappa shape index (κ3) is 1.34. The van der Waals surface area contributed by atoms with Crippen molar-refractivity contribution in [2.24, 2.45) is 0 Å². The van der Waals surface area contributed by atoms with Gasteiger partial charge in [-0.1, -0.05) is 30.3 Å². The first-order chi connectivity index (χ1) is 5.88. The van der Waals surface area contributed by atoms with Crippen LogP contribution < -0.4 is 0 Å². The quantitative estimate of drug-likeness (QED) is 0.611. The van der Waals surface area contributed by atoms with E-state index in [2.05, 4.69) is 12.1 Å². The van der Waals surface area contributed by atoms with E-state index in [1.54, 1.807) is 0 Å². The van der Waals surface area contributed by atoms with Crippen molar-refractivity contribution >= 4 is 17.3 Å². The van der Waals surface area contributed by atoms with Gasteiger partial charge in [0.25, 0.3) is 0 Å². The van der Waals surface area contributed by atoms with Crippen LogP contribution in [0.5, 0.6) is 0 Å². The molecule has 0 bridgehead atoms. The average Bonchev–Trinajstić information content (AvgIpc) is 2.53. The molecule has 2 heteroatoms. The Morgan fingerprint density at radius 3 is 2.58 bits per heavy atom. The van der Waals surface area contributed by atoms with E-state index in [0.717, 1.165) is 18.1 Å². The van der Waals surface area contributed by atoms with E-state index in [1.165, 1.54) is 5.56 Å². The van der Waals surface area contributed by atoms with Crippen LogP contribution in [0.1, 0.15) is 17.9 Å².